The smallest absolute Gasteiger partial charge is 0.261 e. The Labute approximate surface area is 157 Å². The number of thiophene rings is 1. The minimum absolute atomic E-state index is 0.00574. The van der Waals surface area contributed by atoms with Gasteiger partial charge in [-0.1, -0.05) is 17.7 Å². The first-order chi connectivity index (χ1) is 11.9. The fraction of sp³-hybridized carbons (Fsp3) is 0.526. The molecule has 0 unspecified atom stereocenters. The van der Waals surface area contributed by atoms with Crippen LogP contribution in [0.2, 0.25) is 5.02 Å². The first kappa shape index (κ1) is 17.1. The molecule has 2 bridgehead atoms. The molecule has 3 aliphatic rings. The Hall–Kier alpha value is -1.30. The van der Waals surface area contributed by atoms with Crippen LogP contribution in [0.25, 0.3) is 10.1 Å². The molecule has 5 rings (SSSR count). The summed E-state index contributed by atoms with van der Waals surface area (Å²) in [5, 5.41) is 4.89. The molecule has 134 valence electrons. The lowest BCUT2D eigenvalue weighted by Crippen LogP contribution is -2.69. The van der Waals surface area contributed by atoms with Gasteiger partial charge in [-0.2, -0.15) is 0 Å². The standard InChI is InChI=1S/C19H23ClN2O2S/c1-19(2)17(11-6-8-22(19)9-7-11)21-18(23)14-10-12-4-5-13(20)15(24-3)16(12)25-14/h4-5,10-11,17H,6-9H2,1-3H3,(H,21,23)/t17-/m0/s1. The first-order valence-electron chi connectivity index (χ1n) is 8.74. The van der Waals surface area contributed by atoms with Crippen molar-refractivity contribution in [2.45, 2.75) is 38.3 Å². The number of piperidine rings is 3. The lowest BCUT2D eigenvalue weighted by Gasteiger charge is -2.56. The van der Waals surface area contributed by atoms with Crippen molar-refractivity contribution in [3.8, 4) is 5.75 Å². The second-order valence-electron chi connectivity index (χ2n) is 7.54. The van der Waals surface area contributed by atoms with Crippen LogP contribution in [0.4, 0.5) is 0 Å². The maximum atomic E-state index is 12.9. The third-order valence-corrected chi connectivity index (χ3v) is 7.34. The van der Waals surface area contributed by atoms with Gasteiger partial charge in [-0.3, -0.25) is 9.69 Å². The van der Waals surface area contributed by atoms with Gasteiger partial charge in [-0.15, -0.1) is 11.3 Å². The van der Waals surface area contributed by atoms with Crippen molar-refractivity contribution in [1.82, 2.24) is 10.2 Å². The summed E-state index contributed by atoms with van der Waals surface area (Å²) < 4.78 is 6.34. The van der Waals surface area contributed by atoms with Crippen LogP contribution in [-0.2, 0) is 0 Å². The Morgan fingerprint density at radius 1 is 1.36 bits per heavy atom. The highest BCUT2D eigenvalue weighted by Crippen LogP contribution is 2.41. The SMILES string of the molecule is COc1c(Cl)ccc2cc(C(=O)N[C@H]3C4CCN(CC4)C3(C)C)sc12. The van der Waals surface area contributed by atoms with Crippen LogP contribution in [0.5, 0.6) is 5.75 Å². The number of hydrogen-bond acceptors (Lipinski definition) is 4. The predicted molar refractivity (Wildman–Crippen MR) is 103 cm³/mol. The number of methoxy groups -OCH3 is 1. The zero-order valence-corrected chi connectivity index (χ0v) is 16.3. The number of halogens is 1. The zero-order chi connectivity index (χ0) is 17.8. The molecular formula is C19H23ClN2O2S. The Bertz CT molecular complexity index is 824. The molecule has 6 heteroatoms. The first-order valence-corrected chi connectivity index (χ1v) is 9.93. The molecule has 0 aliphatic carbocycles. The molecule has 1 N–H and O–H groups in total. The average molecular weight is 379 g/mol. The third-order valence-electron chi connectivity index (χ3n) is 5.89. The van der Waals surface area contributed by atoms with Crippen LogP contribution in [0.1, 0.15) is 36.4 Å². The van der Waals surface area contributed by atoms with Gasteiger partial charge in [-0.25, -0.2) is 0 Å². The van der Waals surface area contributed by atoms with Gasteiger partial charge in [0.2, 0.25) is 0 Å². The second-order valence-corrected chi connectivity index (χ2v) is 9.00. The fourth-order valence-electron chi connectivity index (χ4n) is 4.44. The van der Waals surface area contributed by atoms with Gasteiger partial charge in [0.15, 0.2) is 5.75 Å². The number of nitrogens with zero attached hydrogens (tertiary/aromatic N) is 1. The van der Waals surface area contributed by atoms with Gasteiger partial charge in [0.05, 0.1) is 21.7 Å². The molecular weight excluding hydrogens is 356 g/mol. The Morgan fingerprint density at radius 2 is 2.08 bits per heavy atom. The van der Waals surface area contributed by atoms with Crippen molar-refractivity contribution in [2.24, 2.45) is 5.92 Å². The second kappa shape index (κ2) is 6.15. The van der Waals surface area contributed by atoms with Gasteiger partial charge in [0.25, 0.3) is 5.91 Å². The van der Waals surface area contributed by atoms with Crippen molar-refractivity contribution >= 4 is 38.9 Å². The summed E-state index contributed by atoms with van der Waals surface area (Å²) in [5.74, 6) is 1.22. The van der Waals surface area contributed by atoms with E-state index in [2.05, 4.69) is 24.1 Å². The maximum Gasteiger partial charge on any atom is 0.261 e. The average Bonchev–Trinajstić information content (AvgIpc) is 3.02. The van der Waals surface area contributed by atoms with E-state index in [1.165, 1.54) is 24.2 Å². The summed E-state index contributed by atoms with van der Waals surface area (Å²) >= 11 is 7.65. The van der Waals surface area contributed by atoms with Crippen molar-refractivity contribution in [3.63, 3.8) is 0 Å². The summed E-state index contributed by atoms with van der Waals surface area (Å²) in [4.78, 5) is 16.2. The number of rotatable bonds is 3. The number of hydrogen-bond donors (Lipinski definition) is 1. The van der Waals surface area contributed by atoms with E-state index in [0.29, 0.717) is 21.6 Å². The minimum Gasteiger partial charge on any atom is -0.494 e. The molecule has 4 heterocycles. The monoisotopic (exact) mass is 378 g/mol. The number of ether oxygens (including phenoxy) is 1. The lowest BCUT2D eigenvalue weighted by atomic mass is 9.72. The normalized spacial score (nSPS) is 27.4. The number of carbonyl (C=O) groups is 1. The number of amides is 1. The largest absolute Gasteiger partial charge is 0.494 e. The van der Waals surface area contributed by atoms with E-state index >= 15 is 0 Å². The molecule has 3 saturated heterocycles. The Balaban J connectivity index is 1.62. The topological polar surface area (TPSA) is 41.6 Å². The summed E-state index contributed by atoms with van der Waals surface area (Å²) in [6.45, 7) is 6.78. The lowest BCUT2D eigenvalue weighted by molar-refractivity contribution is -0.0377. The molecule has 0 saturated carbocycles. The Morgan fingerprint density at radius 3 is 2.72 bits per heavy atom. The van der Waals surface area contributed by atoms with Crippen LogP contribution in [0.3, 0.4) is 0 Å². The molecule has 0 spiro atoms. The maximum absolute atomic E-state index is 12.9. The van der Waals surface area contributed by atoms with Crippen LogP contribution in [-0.4, -0.2) is 42.6 Å². The van der Waals surface area contributed by atoms with Crippen LogP contribution in [0, 0.1) is 5.92 Å². The van der Waals surface area contributed by atoms with Gasteiger partial charge in [0.1, 0.15) is 0 Å². The molecule has 1 aromatic carbocycles. The number of carbonyl (C=O) groups excluding carboxylic acids is 1. The van der Waals surface area contributed by atoms with E-state index in [-0.39, 0.29) is 17.5 Å². The highest BCUT2D eigenvalue weighted by molar-refractivity contribution is 7.21. The van der Waals surface area contributed by atoms with E-state index in [0.717, 1.165) is 23.2 Å². The van der Waals surface area contributed by atoms with Crippen molar-refractivity contribution < 1.29 is 9.53 Å². The van der Waals surface area contributed by atoms with Gasteiger partial charge in [0, 0.05) is 11.6 Å². The minimum atomic E-state index is 0.00574. The van der Waals surface area contributed by atoms with Crippen LogP contribution >= 0.6 is 22.9 Å². The molecule has 4 nitrogen and oxygen atoms in total. The quantitative estimate of drug-likeness (QED) is 0.871. The van der Waals surface area contributed by atoms with E-state index in [4.69, 9.17) is 16.3 Å². The van der Waals surface area contributed by atoms with Gasteiger partial charge in [-0.05, 0) is 63.2 Å². The Kier molecular flexibility index (Phi) is 4.21. The molecule has 3 aliphatic heterocycles. The van der Waals surface area contributed by atoms with Crippen molar-refractivity contribution in [1.29, 1.82) is 0 Å². The van der Waals surface area contributed by atoms with E-state index in [9.17, 15) is 4.79 Å². The zero-order valence-electron chi connectivity index (χ0n) is 14.8. The molecule has 2 aromatic rings. The summed E-state index contributed by atoms with van der Waals surface area (Å²) in [6.07, 6.45) is 2.34. The highest BCUT2D eigenvalue weighted by Gasteiger charge is 2.48. The highest BCUT2D eigenvalue weighted by atomic mass is 35.5. The molecule has 25 heavy (non-hydrogen) atoms. The van der Waals surface area contributed by atoms with E-state index in [1.807, 2.05) is 18.2 Å². The van der Waals surface area contributed by atoms with Crippen molar-refractivity contribution in [2.75, 3.05) is 20.2 Å². The molecule has 1 amide bonds. The number of fused-ring (bicyclic) bond motifs is 4. The molecule has 3 fully saturated rings. The molecule has 1 atom stereocenters. The number of benzene rings is 1. The summed E-state index contributed by atoms with van der Waals surface area (Å²) in [5.41, 5.74) is 0.00844. The van der Waals surface area contributed by atoms with Crippen LogP contribution < -0.4 is 10.1 Å². The summed E-state index contributed by atoms with van der Waals surface area (Å²) in [6, 6.07) is 5.88. The predicted octanol–water partition coefficient (Wildman–Crippen LogP) is 4.17. The number of nitrogens with one attached hydrogen (secondary N) is 1. The van der Waals surface area contributed by atoms with E-state index in [1.54, 1.807) is 7.11 Å². The van der Waals surface area contributed by atoms with Crippen molar-refractivity contribution in [3.05, 3.63) is 28.1 Å². The van der Waals surface area contributed by atoms with Crippen LogP contribution in [0.15, 0.2) is 18.2 Å². The van der Waals surface area contributed by atoms with E-state index < -0.39 is 0 Å². The molecule has 1 aromatic heterocycles. The fourth-order valence-corrected chi connectivity index (χ4v) is 5.82. The molecule has 0 radical (unpaired) electrons. The van der Waals surface area contributed by atoms with Gasteiger partial charge >= 0.3 is 0 Å². The summed E-state index contributed by atoms with van der Waals surface area (Å²) in [7, 11) is 1.61. The third kappa shape index (κ3) is 2.73. The van der Waals surface area contributed by atoms with Gasteiger partial charge < -0.3 is 10.1 Å².